The molecule has 0 aromatic heterocycles. The Balaban J connectivity index is 0.00000324. The lowest BCUT2D eigenvalue weighted by Crippen LogP contribution is -2.35. The second kappa shape index (κ2) is 9.47. The first kappa shape index (κ1) is 17.5. The minimum atomic E-state index is -0.0407. The van der Waals surface area contributed by atoms with E-state index in [-0.39, 0.29) is 24.9 Å². The summed E-state index contributed by atoms with van der Waals surface area (Å²) in [4.78, 5) is 13.3. The van der Waals surface area contributed by atoms with E-state index in [1.807, 2.05) is 7.05 Å². The second-order valence-corrected chi connectivity index (χ2v) is 3.88. The number of methoxy groups -OCH3 is 1. The SMILES string of the molecule is CNCCN(C)C(=O)COc1ccc(OC)cc1.Cl. The maximum Gasteiger partial charge on any atom is 0.260 e. The Kier molecular flexibility index (Phi) is 8.74. The van der Waals surface area contributed by atoms with E-state index in [2.05, 4.69) is 5.32 Å². The van der Waals surface area contributed by atoms with Gasteiger partial charge in [0, 0.05) is 20.1 Å². The van der Waals surface area contributed by atoms with Crippen LogP contribution in [0.4, 0.5) is 0 Å². The molecule has 0 bridgehead atoms. The zero-order valence-electron chi connectivity index (χ0n) is 11.5. The molecule has 1 aromatic rings. The van der Waals surface area contributed by atoms with Gasteiger partial charge in [-0.25, -0.2) is 0 Å². The molecule has 0 spiro atoms. The summed E-state index contributed by atoms with van der Waals surface area (Å²) in [6.45, 7) is 1.48. The number of hydrogen-bond acceptors (Lipinski definition) is 4. The third kappa shape index (κ3) is 6.31. The van der Waals surface area contributed by atoms with Gasteiger partial charge in [-0.3, -0.25) is 4.79 Å². The van der Waals surface area contributed by atoms with E-state index in [1.54, 1.807) is 43.3 Å². The standard InChI is InChI=1S/C13H20N2O3.ClH/c1-14-8-9-15(2)13(16)10-18-12-6-4-11(17-3)5-7-12;/h4-7,14H,8-10H2,1-3H3;1H. The van der Waals surface area contributed by atoms with Crippen LogP contribution in [0.5, 0.6) is 11.5 Å². The molecule has 1 amide bonds. The Hall–Kier alpha value is -1.46. The largest absolute Gasteiger partial charge is 0.497 e. The smallest absolute Gasteiger partial charge is 0.260 e. The minimum absolute atomic E-state index is 0. The number of halogens is 1. The summed E-state index contributed by atoms with van der Waals surface area (Å²) in [5, 5.41) is 2.99. The summed E-state index contributed by atoms with van der Waals surface area (Å²) in [6.07, 6.45) is 0. The summed E-state index contributed by atoms with van der Waals surface area (Å²) < 4.78 is 10.4. The van der Waals surface area contributed by atoms with E-state index in [9.17, 15) is 4.79 Å². The van der Waals surface area contributed by atoms with Crippen LogP contribution >= 0.6 is 12.4 Å². The van der Waals surface area contributed by atoms with E-state index in [4.69, 9.17) is 9.47 Å². The Morgan fingerprint density at radius 2 is 1.84 bits per heavy atom. The van der Waals surface area contributed by atoms with Crippen LogP contribution in [0.15, 0.2) is 24.3 Å². The molecule has 0 saturated carbocycles. The van der Waals surface area contributed by atoms with E-state index >= 15 is 0 Å². The number of rotatable bonds is 7. The molecule has 6 heteroatoms. The topological polar surface area (TPSA) is 50.8 Å². The van der Waals surface area contributed by atoms with Crippen LogP contribution in [-0.2, 0) is 4.79 Å². The van der Waals surface area contributed by atoms with Crippen LogP contribution in [0.1, 0.15) is 0 Å². The average Bonchev–Trinajstić information content (AvgIpc) is 2.42. The summed E-state index contributed by atoms with van der Waals surface area (Å²) >= 11 is 0. The highest BCUT2D eigenvalue weighted by Crippen LogP contribution is 2.16. The predicted octanol–water partition coefficient (Wildman–Crippen LogP) is 1.17. The van der Waals surface area contributed by atoms with Crippen LogP contribution in [0, 0.1) is 0 Å². The van der Waals surface area contributed by atoms with Crippen molar-refractivity contribution in [1.82, 2.24) is 10.2 Å². The van der Waals surface area contributed by atoms with Crippen molar-refractivity contribution in [1.29, 1.82) is 0 Å². The zero-order chi connectivity index (χ0) is 13.4. The van der Waals surface area contributed by atoms with Crippen LogP contribution in [0.2, 0.25) is 0 Å². The molecule has 0 saturated heterocycles. The molecule has 5 nitrogen and oxygen atoms in total. The van der Waals surface area contributed by atoms with E-state index in [0.717, 1.165) is 12.3 Å². The average molecular weight is 289 g/mol. The summed E-state index contributed by atoms with van der Waals surface area (Å²) in [5.41, 5.74) is 0. The van der Waals surface area contributed by atoms with E-state index < -0.39 is 0 Å². The van der Waals surface area contributed by atoms with Crippen molar-refractivity contribution in [2.24, 2.45) is 0 Å². The van der Waals surface area contributed by atoms with Gasteiger partial charge in [0.25, 0.3) is 5.91 Å². The normalized spacial score (nSPS) is 9.42. The highest BCUT2D eigenvalue weighted by molar-refractivity contribution is 5.85. The first-order chi connectivity index (χ1) is 8.67. The van der Waals surface area contributed by atoms with E-state index in [0.29, 0.717) is 12.3 Å². The molecule has 108 valence electrons. The number of hydrogen-bond donors (Lipinski definition) is 1. The number of carbonyl (C=O) groups excluding carboxylic acids is 1. The van der Waals surface area contributed by atoms with Gasteiger partial charge >= 0.3 is 0 Å². The fraction of sp³-hybridized carbons (Fsp3) is 0.462. The molecule has 0 unspecified atom stereocenters. The lowest BCUT2D eigenvalue weighted by Gasteiger charge is -2.17. The molecule has 0 aliphatic rings. The molecule has 19 heavy (non-hydrogen) atoms. The second-order valence-electron chi connectivity index (χ2n) is 3.88. The van der Waals surface area contributed by atoms with Gasteiger partial charge in [-0.2, -0.15) is 0 Å². The lowest BCUT2D eigenvalue weighted by molar-refractivity contribution is -0.131. The molecule has 1 rings (SSSR count). The molecular formula is C13H21ClN2O3. The van der Waals surface area contributed by atoms with Crippen molar-refractivity contribution in [3.05, 3.63) is 24.3 Å². The third-order valence-corrected chi connectivity index (χ3v) is 2.54. The summed E-state index contributed by atoms with van der Waals surface area (Å²) in [7, 11) is 5.22. The van der Waals surface area contributed by atoms with Crippen molar-refractivity contribution in [2.75, 3.05) is 40.9 Å². The molecule has 0 aliphatic heterocycles. The van der Waals surface area contributed by atoms with Gasteiger partial charge in [-0.1, -0.05) is 0 Å². The number of nitrogens with one attached hydrogen (secondary N) is 1. The zero-order valence-corrected chi connectivity index (χ0v) is 12.3. The Morgan fingerprint density at radius 3 is 2.37 bits per heavy atom. The van der Waals surface area contributed by atoms with Crippen LogP contribution in [0.25, 0.3) is 0 Å². The van der Waals surface area contributed by atoms with Gasteiger partial charge in [-0.05, 0) is 31.3 Å². The van der Waals surface area contributed by atoms with Crippen molar-refractivity contribution in [3.63, 3.8) is 0 Å². The third-order valence-electron chi connectivity index (χ3n) is 2.54. The van der Waals surface area contributed by atoms with E-state index in [1.165, 1.54) is 0 Å². The number of carbonyl (C=O) groups is 1. The first-order valence-corrected chi connectivity index (χ1v) is 5.82. The molecule has 1 aromatic carbocycles. The number of ether oxygens (including phenoxy) is 2. The Bertz CT molecular complexity index is 371. The first-order valence-electron chi connectivity index (χ1n) is 5.82. The monoisotopic (exact) mass is 288 g/mol. The maximum absolute atomic E-state index is 11.7. The Morgan fingerprint density at radius 1 is 1.26 bits per heavy atom. The molecule has 0 aliphatic carbocycles. The highest BCUT2D eigenvalue weighted by Gasteiger charge is 2.08. The van der Waals surface area contributed by atoms with Gasteiger partial charge in [-0.15, -0.1) is 12.4 Å². The lowest BCUT2D eigenvalue weighted by atomic mass is 10.3. The van der Waals surface area contributed by atoms with Gasteiger partial charge in [0.05, 0.1) is 7.11 Å². The molecular weight excluding hydrogens is 268 g/mol. The van der Waals surface area contributed by atoms with Gasteiger partial charge in [0.15, 0.2) is 6.61 Å². The number of likely N-dealkylation sites (N-methyl/N-ethyl adjacent to an activating group) is 2. The summed E-state index contributed by atoms with van der Waals surface area (Å²) in [5.74, 6) is 1.38. The van der Waals surface area contributed by atoms with Crippen molar-refractivity contribution < 1.29 is 14.3 Å². The quantitative estimate of drug-likeness (QED) is 0.818. The van der Waals surface area contributed by atoms with Crippen molar-refractivity contribution >= 4 is 18.3 Å². The number of amides is 1. The fourth-order valence-electron chi connectivity index (χ4n) is 1.33. The molecule has 0 atom stereocenters. The minimum Gasteiger partial charge on any atom is -0.497 e. The highest BCUT2D eigenvalue weighted by atomic mass is 35.5. The van der Waals surface area contributed by atoms with Gasteiger partial charge in [0.2, 0.25) is 0 Å². The van der Waals surface area contributed by atoms with Crippen LogP contribution in [-0.4, -0.2) is 51.7 Å². The van der Waals surface area contributed by atoms with Gasteiger partial charge in [0.1, 0.15) is 11.5 Å². The van der Waals surface area contributed by atoms with Gasteiger partial charge < -0.3 is 19.7 Å². The predicted molar refractivity (Wildman–Crippen MR) is 77.3 cm³/mol. The molecule has 1 N–H and O–H groups in total. The fourth-order valence-corrected chi connectivity index (χ4v) is 1.33. The van der Waals surface area contributed by atoms with Crippen molar-refractivity contribution in [3.8, 4) is 11.5 Å². The maximum atomic E-state index is 11.7. The number of nitrogens with zero attached hydrogens (tertiary/aromatic N) is 1. The van der Waals surface area contributed by atoms with Crippen LogP contribution in [0.3, 0.4) is 0 Å². The molecule has 0 radical (unpaired) electrons. The summed E-state index contributed by atoms with van der Waals surface area (Å²) in [6, 6.07) is 7.15. The van der Waals surface area contributed by atoms with Crippen LogP contribution < -0.4 is 14.8 Å². The van der Waals surface area contributed by atoms with Crippen molar-refractivity contribution in [2.45, 2.75) is 0 Å². The number of benzene rings is 1. The Labute approximate surface area is 120 Å². The molecule has 0 heterocycles. The molecule has 0 fully saturated rings.